The molecule has 90 heavy (non-hydrogen) atoms. The molecule has 458 valence electrons. The van der Waals surface area contributed by atoms with Crippen molar-refractivity contribution in [2.45, 2.75) is 107 Å². The molecule has 13 rings (SSSR count). The molecule has 0 saturated heterocycles. The Bertz CT molecular complexity index is 3470. The Morgan fingerprint density at radius 3 is 0.511 bits per heavy atom. The van der Waals surface area contributed by atoms with Gasteiger partial charge in [-0.3, -0.25) is 0 Å². The van der Waals surface area contributed by atoms with Crippen molar-refractivity contribution < 1.29 is 9.47 Å². The summed E-state index contributed by atoms with van der Waals surface area (Å²) < 4.78 is 12.4. The van der Waals surface area contributed by atoms with Crippen LogP contribution < -0.4 is 9.47 Å². The predicted octanol–water partition coefficient (Wildman–Crippen LogP) is 25.1. The summed E-state index contributed by atoms with van der Waals surface area (Å²) in [5.74, 6) is 3.27. The van der Waals surface area contributed by atoms with E-state index in [-0.39, 0.29) is 0 Å². The molecule has 0 unspecified atom stereocenters. The lowest BCUT2D eigenvalue weighted by molar-refractivity contribution is 0.482. The first-order chi connectivity index (χ1) is 44.1. The Balaban J connectivity index is 0.000000187. The van der Waals surface area contributed by atoms with Crippen LogP contribution in [0.15, 0.2) is 322 Å². The minimum atomic E-state index is 0.804. The summed E-state index contributed by atoms with van der Waals surface area (Å²) in [4.78, 5) is 0. The molecule has 0 aliphatic rings. The first kappa shape index (κ1) is 69.3. The van der Waals surface area contributed by atoms with Crippen LogP contribution in [0.5, 0.6) is 23.0 Å². The molecule has 0 saturated carbocycles. The molecule has 13 aromatic rings. The highest BCUT2D eigenvalue weighted by atomic mass is 16.5. The molecule has 0 amide bonds. The van der Waals surface area contributed by atoms with E-state index in [2.05, 4.69) is 317 Å². The maximum absolute atomic E-state index is 6.21. The van der Waals surface area contributed by atoms with Gasteiger partial charge in [0.1, 0.15) is 23.0 Å². The van der Waals surface area contributed by atoms with Crippen molar-refractivity contribution in [3.05, 3.63) is 372 Å². The molecule has 0 aromatic heterocycles. The topological polar surface area (TPSA) is 18.5 Å². The van der Waals surface area contributed by atoms with Gasteiger partial charge < -0.3 is 9.47 Å². The number of aryl methyl sites for hydroxylation is 9. The van der Waals surface area contributed by atoms with Crippen molar-refractivity contribution in [1.29, 1.82) is 0 Å². The van der Waals surface area contributed by atoms with Gasteiger partial charge in [-0.1, -0.05) is 333 Å². The van der Waals surface area contributed by atoms with E-state index in [0.717, 1.165) is 78.7 Å². The van der Waals surface area contributed by atoms with Crippen LogP contribution in [-0.2, 0) is 44.9 Å². The predicted molar refractivity (Wildman–Crippen MR) is 392 cm³/mol. The van der Waals surface area contributed by atoms with Crippen molar-refractivity contribution >= 4 is 32.3 Å². The Morgan fingerprint density at radius 2 is 0.344 bits per heavy atom. The fourth-order valence-electron chi connectivity index (χ4n) is 9.41. The molecular weight excluding hydrogens is 1090 g/mol. The van der Waals surface area contributed by atoms with Crippen molar-refractivity contribution in [1.82, 2.24) is 0 Å². The summed E-state index contributed by atoms with van der Waals surface area (Å²) in [7, 11) is 0. The summed E-state index contributed by atoms with van der Waals surface area (Å²) >= 11 is 0. The SMILES string of the molecule is CCc1ccccc1.CCc1ccccc1.CCc1ccccc1.CCc1ccccc1.CCc1ccccc1.CCc1ccccc1.CCc1ccccc1.Cc1ccc2ccc(Oc3ccc4ccc(Oc5ccc6ccc(C)cc6c5)cc4c3)cc2c1. The van der Waals surface area contributed by atoms with Gasteiger partial charge in [0.15, 0.2) is 0 Å². The van der Waals surface area contributed by atoms with E-state index >= 15 is 0 Å². The molecule has 0 radical (unpaired) electrons. The second-order valence-electron chi connectivity index (χ2n) is 21.8. The van der Waals surface area contributed by atoms with Crippen LogP contribution in [0.4, 0.5) is 0 Å². The Morgan fingerprint density at radius 1 is 0.178 bits per heavy atom. The third-order valence-corrected chi connectivity index (χ3v) is 14.9. The molecule has 0 bridgehead atoms. The van der Waals surface area contributed by atoms with E-state index in [1.54, 1.807) is 0 Å². The second kappa shape index (κ2) is 40.6. The minimum Gasteiger partial charge on any atom is -0.457 e. The summed E-state index contributed by atoms with van der Waals surface area (Å²) in [5.41, 5.74) is 12.3. The third kappa shape index (κ3) is 25.9. The lowest BCUT2D eigenvalue weighted by atomic mass is 10.1. The van der Waals surface area contributed by atoms with Crippen molar-refractivity contribution in [3.63, 3.8) is 0 Å². The van der Waals surface area contributed by atoms with Gasteiger partial charge in [0, 0.05) is 0 Å². The van der Waals surface area contributed by atoms with Crippen LogP contribution in [0.2, 0.25) is 0 Å². The number of hydrogen-bond donors (Lipinski definition) is 0. The van der Waals surface area contributed by atoms with E-state index in [0.29, 0.717) is 0 Å². The van der Waals surface area contributed by atoms with E-state index in [4.69, 9.17) is 9.47 Å². The zero-order valence-electron chi connectivity index (χ0n) is 54.9. The number of hydrogen-bond acceptors (Lipinski definition) is 2. The van der Waals surface area contributed by atoms with Gasteiger partial charge >= 0.3 is 0 Å². The highest BCUT2D eigenvalue weighted by molar-refractivity contribution is 5.87. The summed E-state index contributed by atoms with van der Waals surface area (Å²) in [6.45, 7) is 19.3. The van der Waals surface area contributed by atoms with Crippen LogP contribution >= 0.6 is 0 Å². The van der Waals surface area contributed by atoms with Gasteiger partial charge in [-0.05, 0) is 179 Å². The maximum Gasteiger partial charge on any atom is 0.128 e. The summed E-state index contributed by atoms with van der Waals surface area (Å²) in [6, 6.07) is 111. The lowest BCUT2D eigenvalue weighted by Gasteiger charge is -2.11. The number of rotatable bonds is 11. The highest BCUT2D eigenvalue weighted by Crippen LogP contribution is 2.32. The summed E-state index contributed by atoms with van der Waals surface area (Å²) in [5, 5.41) is 6.99. The van der Waals surface area contributed by atoms with E-state index in [1.165, 1.54) is 71.6 Å². The Kier molecular flexibility index (Phi) is 31.3. The summed E-state index contributed by atoms with van der Waals surface area (Å²) in [6.07, 6.45) is 7.98. The maximum atomic E-state index is 6.21. The first-order valence-electron chi connectivity index (χ1n) is 32.3. The van der Waals surface area contributed by atoms with Gasteiger partial charge in [0.2, 0.25) is 0 Å². The molecule has 0 atom stereocenters. The van der Waals surface area contributed by atoms with Gasteiger partial charge in [0.25, 0.3) is 0 Å². The highest BCUT2D eigenvalue weighted by Gasteiger charge is 2.06. The fraction of sp³-hybridized carbons (Fsp3) is 0.182. The second-order valence-corrected chi connectivity index (χ2v) is 21.8. The number of fused-ring (bicyclic) bond motifs is 3. The van der Waals surface area contributed by atoms with Crippen molar-refractivity contribution in [3.8, 4) is 23.0 Å². The smallest absolute Gasteiger partial charge is 0.128 e. The van der Waals surface area contributed by atoms with Crippen molar-refractivity contribution in [2.24, 2.45) is 0 Å². The Labute approximate surface area is 540 Å². The molecule has 13 aromatic carbocycles. The van der Waals surface area contributed by atoms with Crippen molar-refractivity contribution in [2.75, 3.05) is 0 Å². The molecule has 0 aliphatic carbocycles. The van der Waals surface area contributed by atoms with Crippen LogP contribution in [0.3, 0.4) is 0 Å². The molecule has 0 heterocycles. The monoisotopic (exact) mass is 1180 g/mol. The molecule has 0 spiro atoms. The van der Waals surface area contributed by atoms with Gasteiger partial charge in [0.05, 0.1) is 0 Å². The van der Waals surface area contributed by atoms with Gasteiger partial charge in [-0.2, -0.15) is 0 Å². The molecular formula is C88H94O2. The van der Waals surface area contributed by atoms with Crippen LogP contribution in [0.1, 0.15) is 98.5 Å². The normalized spacial score (nSPS) is 9.92. The zero-order valence-corrected chi connectivity index (χ0v) is 54.9. The molecule has 0 aliphatic heterocycles. The third-order valence-electron chi connectivity index (χ3n) is 14.9. The largest absolute Gasteiger partial charge is 0.457 e. The minimum absolute atomic E-state index is 0.804. The fourth-order valence-corrected chi connectivity index (χ4v) is 9.41. The molecule has 0 fully saturated rings. The zero-order chi connectivity index (χ0) is 63.8. The number of ether oxygens (including phenoxy) is 2. The lowest BCUT2D eigenvalue weighted by Crippen LogP contribution is -1.87. The van der Waals surface area contributed by atoms with E-state index in [1.807, 2.05) is 66.7 Å². The van der Waals surface area contributed by atoms with Crippen LogP contribution in [-0.4, -0.2) is 0 Å². The molecule has 2 heteroatoms. The molecule has 2 nitrogen and oxygen atoms in total. The van der Waals surface area contributed by atoms with Gasteiger partial charge in [-0.15, -0.1) is 0 Å². The van der Waals surface area contributed by atoms with Crippen LogP contribution in [0, 0.1) is 13.8 Å². The average molecular weight is 1180 g/mol. The average Bonchev–Trinajstić information content (AvgIpc) is 3.69. The van der Waals surface area contributed by atoms with Gasteiger partial charge in [-0.25, -0.2) is 0 Å². The van der Waals surface area contributed by atoms with Crippen LogP contribution in [0.25, 0.3) is 32.3 Å². The molecule has 0 N–H and O–H groups in total. The number of benzene rings is 13. The van der Waals surface area contributed by atoms with E-state index < -0.39 is 0 Å². The quantitative estimate of drug-likeness (QED) is 0.128. The standard InChI is InChI=1S/C32H24O2.7C8H10/c1-21-3-5-23-7-11-29(17-26(23)15-21)33-31-13-9-25-10-14-32(20-28(25)19-31)34-30-12-8-24-6-4-22(2)16-27(24)18-30;7*1-2-8-6-4-3-5-7-8/h3-20H,1-2H3;7*3-7H,2H2,1H3. The Hall–Kier alpha value is -9.76. The first-order valence-corrected chi connectivity index (χ1v) is 32.3. The van der Waals surface area contributed by atoms with E-state index in [9.17, 15) is 0 Å².